The molecule has 1 N–H and O–H groups in total. The van der Waals surface area contributed by atoms with Crippen LogP contribution in [-0.2, 0) is 9.84 Å². The molecule has 3 rings (SSSR count). The highest BCUT2D eigenvalue weighted by Gasteiger charge is 2.31. The zero-order chi connectivity index (χ0) is 18.9. The summed E-state index contributed by atoms with van der Waals surface area (Å²) in [6.45, 7) is 3.69. The van der Waals surface area contributed by atoms with E-state index in [9.17, 15) is 13.2 Å². The van der Waals surface area contributed by atoms with E-state index in [1.807, 2.05) is 13.8 Å². The molecule has 138 valence electrons. The Hall–Kier alpha value is -2.19. The molecule has 1 unspecified atom stereocenters. The van der Waals surface area contributed by atoms with E-state index in [0.29, 0.717) is 17.0 Å². The number of rotatable bonds is 4. The molecule has 1 amide bonds. The average Bonchev–Trinajstić information content (AvgIpc) is 3.07. The van der Waals surface area contributed by atoms with Crippen molar-refractivity contribution in [2.24, 2.45) is 5.10 Å². The average molecular weight is 395 g/mol. The van der Waals surface area contributed by atoms with Crippen LogP contribution in [0.15, 0.2) is 29.4 Å². The Kier molecular flexibility index (Phi) is 5.15. The van der Waals surface area contributed by atoms with Gasteiger partial charge in [-0.05, 0) is 38.5 Å². The molecular formula is C17H19ClN4O3S. The number of hydrogen-bond acceptors (Lipinski definition) is 5. The fourth-order valence-corrected chi connectivity index (χ4v) is 4.92. The highest BCUT2D eigenvalue weighted by Crippen LogP contribution is 2.26. The van der Waals surface area contributed by atoms with Crippen molar-refractivity contribution < 1.29 is 13.2 Å². The molecule has 1 saturated heterocycles. The number of carbonyl (C=O) groups excluding carboxylic acids is 1. The summed E-state index contributed by atoms with van der Waals surface area (Å²) < 4.78 is 25.1. The molecule has 0 radical (unpaired) electrons. The van der Waals surface area contributed by atoms with Gasteiger partial charge in [0.05, 0.1) is 29.5 Å². The first kappa shape index (κ1) is 18.6. The molecule has 1 aromatic carbocycles. The highest BCUT2D eigenvalue weighted by molar-refractivity contribution is 7.91. The van der Waals surface area contributed by atoms with Gasteiger partial charge >= 0.3 is 0 Å². The zero-order valence-corrected chi connectivity index (χ0v) is 16.0. The van der Waals surface area contributed by atoms with E-state index in [-0.39, 0.29) is 23.5 Å². The number of halogens is 1. The summed E-state index contributed by atoms with van der Waals surface area (Å²) in [5.74, 6) is -0.0695. The number of benzene rings is 1. The van der Waals surface area contributed by atoms with Crippen molar-refractivity contribution >= 4 is 33.6 Å². The van der Waals surface area contributed by atoms with Gasteiger partial charge in [-0.1, -0.05) is 17.7 Å². The van der Waals surface area contributed by atoms with E-state index in [4.69, 9.17) is 11.6 Å². The minimum atomic E-state index is -2.99. The Morgan fingerprint density at radius 2 is 2.19 bits per heavy atom. The van der Waals surface area contributed by atoms with Crippen molar-refractivity contribution in [1.82, 2.24) is 15.2 Å². The largest absolute Gasteiger partial charge is 0.271 e. The van der Waals surface area contributed by atoms with E-state index in [1.165, 1.54) is 6.21 Å². The van der Waals surface area contributed by atoms with Gasteiger partial charge in [-0.25, -0.2) is 13.8 Å². The van der Waals surface area contributed by atoms with E-state index < -0.39 is 9.84 Å². The smallest absolute Gasteiger partial charge is 0.267 e. The number of hydrogen-bond donors (Lipinski definition) is 1. The van der Waals surface area contributed by atoms with Gasteiger partial charge in [-0.3, -0.25) is 9.48 Å². The maximum Gasteiger partial charge on any atom is 0.271 e. The number of hydrazone groups is 1. The number of sulfone groups is 1. The normalized spacial score (nSPS) is 19.1. The molecule has 1 aliphatic rings. The third-order valence-corrected chi connectivity index (χ3v) is 6.37. The minimum Gasteiger partial charge on any atom is -0.267 e. The molecule has 0 aliphatic carbocycles. The van der Waals surface area contributed by atoms with Crippen molar-refractivity contribution in [2.75, 3.05) is 11.5 Å². The first-order valence-corrected chi connectivity index (χ1v) is 10.3. The van der Waals surface area contributed by atoms with Crippen LogP contribution in [-0.4, -0.2) is 41.8 Å². The van der Waals surface area contributed by atoms with Crippen LogP contribution in [0, 0.1) is 13.8 Å². The zero-order valence-electron chi connectivity index (χ0n) is 14.4. The number of amides is 1. The van der Waals surface area contributed by atoms with E-state index >= 15 is 0 Å². The summed E-state index contributed by atoms with van der Waals surface area (Å²) in [5, 5.41) is 8.93. The Bertz CT molecular complexity index is 982. The summed E-state index contributed by atoms with van der Waals surface area (Å²) in [6, 6.07) is 6.43. The summed E-state index contributed by atoms with van der Waals surface area (Å²) >= 11 is 5.87. The molecule has 1 aliphatic heterocycles. The Balaban J connectivity index is 1.74. The standard InChI is InChI=1S/C17H19ClN4O3S/c1-11-16(9-19-20-17(23)13-4-3-5-14(18)8-13)12(2)22(21-11)15-6-7-26(24,25)10-15/h3-5,8-9,15H,6-7,10H2,1-2H3,(H,20,23). The van der Waals surface area contributed by atoms with Crippen LogP contribution in [0.25, 0.3) is 0 Å². The van der Waals surface area contributed by atoms with Crippen molar-refractivity contribution in [3.8, 4) is 0 Å². The minimum absolute atomic E-state index is 0.108. The lowest BCUT2D eigenvalue weighted by molar-refractivity contribution is 0.0955. The summed E-state index contributed by atoms with van der Waals surface area (Å²) in [4.78, 5) is 12.1. The van der Waals surface area contributed by atoms with Gasteiger partial charge in [0.25, 0.3) is 5.91 Å². The molecule has 2 heterocycles. The first-order chi connectivity index (χ1) is 12.3. The number of aryl methyl sites for hydroxylation is 1. The molecule has 0 saturated carbocycles. The molecular weight excluding hydrogens is 376 g/mol. The predicted molar refractivity (Wildman–Crippen MR) is 101 cm³/mol. The lowest BCUT2D eigenvalue weighted by atomic mass is 10.2. The first-order valence-electron chi connectivity index (χ1n) is 8.12. The van der Waals surface area contributed by atoms with Crippen molar-refractivity contribution in [3.05, 3.63) is 51.8 Å². The van der Waals surface area contributed by atoms with Crippen LogP contribution in [0.5, 0.6) is 0 Å². The fourth-order valence-electron chi connectivity index (χ4n) is 3.04. The third kappa shape index (κ3) is 3.96. The molecule has 1 aromatic heterocycles. The Morgan fingerprint density at radius 3 is 2.85 bits per heavy atom. The van der Waals surface area contributed by atoms with Gasteiger partial charge in [0, 0.05) is 21.8 Å². The summed E-state index contributed by atoms with van der Waals surface area (Å²) in [6.07, 6.45) is 2.09. The van der Waals surface area contributed by atoms with Crippen LogP contribution >= 0.6 is 11.6 Å². The lowest BCUT2D eigenvalue weighted by Crippen LogP contribution is -2.17. The van der Waals surface area contributed by atoms with Crippen LogP contribution < -0.4 is 5.43 Å². The molecule has 1 atom stereocenters. The van der Waals surface area contributed by atoms with Gasteiger partial charge in [-0.2, -0.15) is 10.2 Å². The topological polar surface area (TPSA) is 93.4 Å². The SMILES string of the molecule is Cc1nn(C2CCS(=O)(=O)C2)c(C)c1C=NNC(=O)c1cccc(Cl)c1. The molecule has 0 bridgehead atoms. The molecule has 0 spiro atoms. The number of carbonyl (C=O) groups is 1. The van der Waals surface area contributed by atoms with E-state index in [1.54, 1.807) is 28.9 Å². The maximum absolute atomic E-state index is 12.1. The van der Waals surface area contributed by atoms with Gasteiger partial charge in [-0.15, -0.1) is 0 Å². The van der Waals surface area contributed by atoms with E-state index in [0.717, 1.165) is 17.0 Å². The second-order valence-corrected chi connectivity index (χ2v) is 8.96. The molecule has 1 fully saturated rings. The predicted octanol–water partition coefficient (Wildman–Crippen LogP) is 2.28. The van der Waals surface area contributed by atoms with Crippen molar-refractivity contribution in [2.45, 2.75) is 26.3 Å². The second kappa shape index (κ2) is 7.20. The monoisotopic (exact) mass is 394 g/mol. The maximum atomic E-state index is 12.1. The molecule has 26 heavy (non-hydrogen) atoms. The molecule has 2 aromatic rings. The van der Waals surface area contributed by atoms with Gasteiger partial charge in [0.2, 0.25) is 0 Å². The van der Waals surface area contributed by atoms with Crippen LogP contribution in [0.3, 0.4) is 0 Å². The fraction of sp³-hybridized carbons (Fsp3) is 0.353. The van der Waals surface area contributed by atoms with Crippen molar-refractivity contribution in [1.29, 1.82) is 0 Å². The quantitative estimate of drug-likeness (QED) is 0.635. The lowest BCUT2D eigenvalue weighted by Gasteiger charge is -2.10. The van der Waals surface area contributed by atoms with Gasteiger partial charge < -0.3 is 0 Å². The second-order valence-electron chi connectivity index (χ2n) is 6.30. The molecule has 9 heteroatoms. The number of aromatic nitrogens is 2. The van der Waals surface area contributed by atoms with Crippen LogP contribution in [0.2, 0.25) is 5.02 Å². The van der Waals surface area contributed by atoms with Crippen molar-refractivity contribution in [3.63, 3.8) is 0 Å². The van der Waals surface area contributed by atoms with E-state index in [2.05, 4.69) is 15.6 Å². The summed E-state index contributed by atoms with van der Waals surface area (Å²) in [7, 11) is -2.99. The van der Waals surface area contributed by atoms with Crippen LogP contribution in [0.4, 0.5) is 0 Å². The Morgan fingerprint density at radius 1 is 1.42 bits per heavy atom. The van der Waals surface area contributed by atoms with Gasteiger partial charge in [0.15, 0.2) is 9.84 Å². The number of nitrogens with one attached hydrogen (secondary N) is 1. The number of nitrogens with zero attached hydrogens (tertiary/aromatic N) is 3. The van der Waals surface area contributed by atoms with Crippen LogP contribution in [0.1, 0.15) is 39.8 Å². The van der Waals surface area contributed by atoms with Gasteiger partial charge in [0.1, 0.15) is 0 Å². The third-order valence-electron chi connectivity index (χ3n) is 4.38. The highest BCUT2D eigenvalue weighted by atomic mass is 35.5. The molecule has 7 nitrogen and oxygen atoms in total. The Labute approximate surface area is 157 Å². The summed E-state index contributed by atoms with van der Waals surface area (Å²) in [5.41, 5.74) is 5.19.